The maximum atomic E-state index is 12.6. The van der Waals surface area contributed by atoms with Gasteiger partial charge in [-0.25, -0.2) is 0 Å². The van der Waals surface area contributed by atoms with Crippen LogP contribution in [0, 0.1) is 22.7 Å². The van der Waals surface area contributed by atoms with Gasteiger partial charge in [-0.15, -0.1) is 0 Å². The van der Waals surface area contributed by atoms with Crippen molar-refractivity contribution in [2.24, 2.45) is 22.7 Å². The second-order valence-electron chi connectivity index (χ2n) is 7.98. The minimum atomic E-state index is -0.891. The van der Waals surface area contributed by atoms with E-state index in [-0.39, 0.29) is 24.2 Å². The first-order chi connectivity index (χ1) is 10.2. The average Bonchev–Trinajstić information content (AvgIpc) is 2.79. The first-order valence-electron chi connectivity index (χ1n) is 8.05. The predicted molar refractivity (Wildman–Crippen MR) is 77.1 cm³/mol. The standard InChI is InChI=1S/C17H22O5/c1-15(5-4-12(19)20)11(18)3-6-17-8-9-7-10(13(15)17)22-16(9,2)14(17)21/h3,6,9-10,13-14,21H,4-5,7-8H2,1-2H3,(H,19,20)/t9?,10?,13?,14?,15-,16?,17?/m1/s1. The summed E-state index contributed by atoms with van der Waals surface area (Å²) in [4.78, 5) is 23.6. The van der Waals surface area contributed by atoms with Crippen LogP contribution >= 0.6 is 0 Å². The summed E-state index contributed by atoms with van der Waals surface area (Å²) in [7, 11) is 0. The zero-order valence-corrected chi connectivity index (χ0v) is 12.9. The van der Waals surface area contributed by atoms with E-state index < -0.39 is 28.5 Å². The highest BCUT2D eigenvalue weighted by Crippen LogP contribution is 2.71. The Balaban J connectivity index is 1.80. The Bertz CT molecular complexity index is 598. The van der Waals surface area contributed by atoms with Gasteiger partial charge in [-0.1, -0.05) is 13.0 Å². The van der Waals surface area contributed by atoms with E-state index >= 15 is 0 Å². The van der Waals surface area contributed by atoms with Crippen molar-refractivity contribution in [1.29, 1.82) is 0 Å². The van der Waals surface area contributed by atoms with Crippen LogP contribution in [0.3, 0.4) is 0 Å². The molecule has 2 heterocycles. The van der Waals surface area contributed by atoms with Gasteiger partial charge in [0.05, 0.1) is 17.8 Å². The molecule has 5 rings (SSSR count). The van der Waals surface area contributed by atoms with Crippen LogP contribution in [0.25, 0.3) is 0 Å². The molecule has 4 bridgehead atoms. The minimum absolute atomic E-state index is 0.0286. The van der Waals surface area contributed by atoms with Gasteiger partial charge in [0, 0.05) is 23.2 Å². The molecular weight excluding hydrogens is 284 g/mol. The van der Waals surface area contributed by atoms with Crippen LogP contribution in [0.5, 0.6) is 0 Å². The van der Waals surface area contributed by atoms with Gasteiger partial charge in [0.1, 0.15) is 0 Å². The Hall–Kier alpha value is -1.20. The number of carbonyl (C=O) groups excluding carboxylic acids is 1. The summed E-state index contributed by atoms with van der Waals surface area (Å²) in [5.74, 6) is -0.722. The molecule has 0 radical (unpaired) electrons. The molecular formula is C17H22O5. The van der Waals surface area contributed by atoms with E-state index in [1.165, 1.54) is 0 Å². The number of hydrogen-bond acceptors (Lipinski definition) is 4. The van der Waals surface area contributed by atoms with Gasteiger partial charge in [0.2, 0.25) is 0 Å². The van der Waals surface area contributed by atoms with Gasteiger partial charge < -0.3 is 14.9 Å². The predicted octanol–water partition coefficient (Wildman–Crippen LogP) is 1.54. The fourth-order valence-corrected chi connectivity index (χ4v) is 5.96. The highest BCUT2D eigenvalue weighted by atomic mass is 16.5. The zero-order valence-electron chi connectivity index (χ0n) is 12.9. The summed E-state index contributed by atoms with van der Waals surface area (Å²) < 4.78 is 6.18. The highest BCUT2D eigenvalue weighted by molar-refractivity contribution is 5.96. The maximum absolute atomic E-state index is 12.6. The number of ketones is 1. The van der Waals surface area contributed by atoms with E-state index in [1.54, 1.807) is 6.08 Å². The Morgan fingerprint density at radius 2 is 2.18 bits per heavy atom. The molecule has 6 unspecified atom stereocenters. The summed E-state index contributed by atoms with van der Waals surface area (Å²) in [6.45, 7) is 3.84. The third-order valence-corrected chi connectivity index (χ3v) is 6.99. The van der Waals surface area contributed by atoms with Gasteiger partial charge in [0.15, 0.2) is 5.78 Å². The quantitative estimate of drug-likeness (QED) is 0.826. The van der Waals surface area contributed by atoms with E-state index in [0.29, 0.717) is 12.3 Å². The van der Waals surface area contributed by atoms with E-state index in [9.17, 15) is 14.7 Å². The molecule has 5 heteroatoms. The molecule has 1 spiro atoms. The van der Waals surface area contributed by atoms with Crippen molar-refractivity contribution in [2.45, 2.75) is 57.3 Å². The van der Waals surface area contributed by atoms with Crippen molar-refractivity contribution in [2.75, 3.05) is 0 Å². The van der Waals surface area contributed by atoms with Crippen molar-refractivity contribution in [1.82, 2.24) is 0 Å². The molecule has 5 aliphatic rings. The van der Waals surface area contributed by atoms with Gasteiger partial charge in [-0.2, -0.15) is 0 Å². The number of carbonyl (C=O) groups is 2. The molecule has 2 aliphatic heterocycles. The lowest BCUT2D eigenvalue weighted by Gasteiger charge is -2.57. The molecule has 0 aromatic heterocycles. The lowest BCUT2D eigenvalue weighted by molar-refractivity contribution is -0.219. The Morgan fingerprint density at radius 3 is 2.82 bits per heavy atom. The summed E-state index contributed by atoms with van der Waals surface area (Å²) in [5.41, 5.74) is -1.71. The van der Waals surface area contributed by atoms with Crippen molar-refractivity contribution in [3.05, 3.63) is 12.2 Å². The number of aliphatic hydroxyl groups is 1. The summed E-state index contributed by atoms with van der Waals surface area (Å²) in [6, 6.07) is 0. The molecule has 120 valence electrons. The normalized spacial score (nSPS) is 54.8. The van der Waals surface area contributed by atoms with Crippen molar-refractivity contribution in [3.8, 4) is 0 Å². The summed E-state index contributed by atoms with van der Waals surface area (Å²) in [6.07, 6.45) is 4.76. The molecule has 7 atom stereocenters. The first kappa shape index (κ1) is 14.4. The number of allylic oxidation sites excluding steroid dienone is 1. The van der Waals surface area contributed by atoms with Crippen LogP contribution in [0.1, 0.15) is 39.5 Å². The second kappa shape index (κ2) is 4.01. The van der Waals surface area contributed by atoms with Gasteiger partial charge in [-0.3, -0.25) is 9.59 Å². The molecule has 4 fully saturated rings. The van der Waals surface area contributed by atoms with Crippen LogP contribution in [0.15, 0.2) is 12.2 Å². The smallest absolute Gasteiger partial charge is 0.303 e. The molecule has 0 aromatic rings. The Morgan fingerprint density at radius 1 is 1.45 bits per heavy atom. The van der Waals surface area contributed by atoms with Crippen molar-refractivity contribution in [3.63, 3.8) is 0 Å². The van der Waals surface area contributed by atoms with E-state index in [0.717, 1.165) is 12.8 Å². The molecule has 0 aromatic carbocycles. The van der Waals surface area contributed by atoms with Gasteiger partial charge in [-0.05, 0) is 38.2 Å². The van der Waals surface area contributed by atoms with Crippen LogP contribution in [-0.2, 0) is 14.3 Å². The van der Waals surface area contributed by atoms with E-state index in [1.807, 2.05) is 19.9 Å². The average molecular weight is 306 g/mol. The zero-order chi connectivity index (χ0) is 15.9. The lowest BCUT2D eigenvalue weighted by Crippen LogP contribution is -2.62. The monoisotopic (exact) mass is 306 g/mol. The van der Waals surface area contributed by atoms with E-state index in [2.05, 4.69) is 0 Å². The number of carboxylic acid groups (broad SMARTS) is 1. The SMILES string of the molecule is CC12OC3CC1CC1(C=CC(=O)[C@@](C)(CCC(=O)O)C31)C2O. The fraction of sp³-hybridized carbons (Fsp3) is 0.765. The summed E-state index contributed by atoms with van der Waals surface area (Å²) in [5, 5.41) is 20.0. The fourth-order valence-electron chi connectivity index (χ4n) is 5.96. The van der Waals surface area contributed by atoms with Crippen LogP contribution in [0.4, 0.5) is 0 Å². The number of carboxylic acids is 1. The molecule has 2 saturated heterocycles. The number of aliphatic hydroxyl groups excluding tert-OH is 1. The van der Waals surface area contributed by atoms with E-state index in [4.69, 9.17) is 9.84 Å². The van der Waals surface area contributed by atoms with Crippen LogP contribution in [-0.4, -0.2) is 39.8 Å². The largest absolute Gasteiger partial charge is 0.481 e. The third kappa shape index (κ3) is 1.42. The minimum Gasteiger partial charge on any atom is -0.481 e. The molecule has 2 saturated carbocycles. The topological polar surface area (TPSA) is 83.8 Å². The van der Waals surface area contributed by atoms with Gasteiger partial charge >= 0.3 is 5.97 Å². The van der Waals surface area contributed by atoms with Crippen LogP contribution < -0.4 is 0 Å². The first-order valence-corrected chi connectivity index (χ1v) is 8.05. The molecule has 2 N–H and O–H groups in total. The highest BCUT2D eigenvalue weighted by Gasteiger charge is 2.76. The Labute approximate surface area is 129 Å². The third-order valence-electron chi connectivity index (χ3n) is 6.99. The maximum Gasteiger partial charge on any atom is 0.303 e. The number of aliphatic carboxylic acids is 1. The molecule has 5 nitrogen and oxygen atoms in total. The molecule has 0 amide bonds. The summed E-state index contributed by atoms with van der Waals surface area (Å²) >= 11 is 0. The number of hydrogen-bond donors (Lipinski definition) is 2. The van der Waals surface area contributed by atoms with Crippen molar-refractivity contribution < 1.29 is 24.5 Å². The molecule has 22 heavy (non-hydrogen) atoms. The van der Waals surface area contributed by atoms with Crippen molar-refractivity contribution >= 4 is 11.8 Å². The molecule has 3 aliphatic carbocycles. The Kier molecular flexibility index (Phi) is 2.62. The van der Waals surface area contributed by atoms with Gasteiger partial charge in [0.25, 0.3) is 0 Å². The lowest BCUT2D eigenvalue weighted by atomic mass is 9.50. The van der Waals surface area contributed by atoms with Crippen LogP contribution in [0.2, 0.25) is 0 Å². The number of ether oxygens (including phenoxy) is 1. The number of rotatable bonds is 3. The second-order valence-corrected chi connectivity index (χ2v) is 7.98.